The van der Waals surface area contributed by atoms with Crippen LogP contribution in [0.3, 0.4) is 0 Å². The number of aromatic amines is 1. The van der Waals surface area contributed by atoms with Gasteiger partial charge in [0.2, 0.25) is 0 Å². The van der Waals surface area contributed by atoms with E-state index in [2.05, 4.69) is 30.1 Å². The van der Waals surface area contributed by atoms with Crippen LogP contribution in [0.5, 0.6) is 5.75 Å². The van der Waals surface area contributed by atoms with Gasteiger partial charge in [0, 0.05) is 25.7 Å². The second kappa shape index (κ2) is 7.47. The van der Waals surface area contributed by atoms with E-state index in [4.69, 9.17) is 8.85 Å². The molecule has 0 unspecified atom stereocenters. The molecule has 3 aromatic heterocycles. The molecule has 0 radical (unpaired) electrons. The molecule has 1 aromatic carbocycles. The number of amides is 1. The number of carbonyl (C=O) groups excluding carboxylic acids is 1. The van der Waals surface area contributed by atoms with E-state index in [0.717, 1.165) is 0 Å². The Morgan fingerprint density at radius 2 is 2.34 bits per heavy atom. The number of fused-ring (bicyclic) bond motifs is 2. The molecule has 0 aliphatic rings. The van der Waals surface area contributed by atoms with Crippen molar-refractivity contribution in [3.63, 3.8) is 0 Å². The van der Waals surface area contributed by atoms with Crippen molar-refractivity contribution in [2.24, 2.45) is 7.05 Å². The monoisotopic (exact) mass is 401 g/mol. The van der Waals surface area contributed by atoms with Gasteiger partial charge in [0.25, 0.3) is 0 Å². The van der Waals surface area contributed by atoms with Crippen molar-refractivity contribution in [1.29, 1.82) is 0 Å². The summed E-state index contributed by atoms with van der Waals surface area (Å²) >= 11 is 0. The lowest BCUT2D eigenvalue weighted by molar-refractivity contribution is 0.159. The number of rotatable bonds is 5. The molecule has 0 saturated carbocycles. The normalized spacial score (nSPS) is 14.4. The summed E-state index contributed by atoms with van der Waals surface area (Å²) in [5.74, 6) is -0.249. The third-order valence-electron chi connectivity index (χ3n) is 4.30. The van der Waals surface area contributed by atoms with Crippen LogP contribution in [0.15, 0.2) is 30.6 Å². The molecule has 10 heteroatoms. The molecule has 2 N–H and O–H groups in total. The molecule has 1 atom stereocenters. The summed E-state index contributed by atoms with van der Waals surface area (Å²) in [6.45, 7) is 1.37. The number of halogens is 1. The first kappa shape index (κ1) is 15.4. The van der Waals surface area contributed by atoms with Crippen LogP contribution in [0.25, 0.3) is 33.5 Å². The molecule has 0 aliphatic heterocycles. The maximum absolute atomic E-state index is 13.6. The van der Waals surface area contributed by atoms with Gasteiger partial charge in [0.1, 0.15) is 17.2 Å². The second-order valence-corrected chi connectivity index (χ2v) is 6.48. The van der Waals surface area contributed by atoms with Crippen LogP contribution in [0.1, 0.15) is 11.0 Å². The van der Waals surface area contributed by atoms with Crippen molar-refractivity contribution in [2.45, 2.75) is 13.0 Å². The Kier molecular flexibility index (Phi) is 3.97. The van der Waals surface area contributed by atoms with Gasteiger partial charge >= 0.3 is 6.09 Å². The van der Waals surface area contributed by atoms with Gasteiger partial charge < -0.3 is 19.8 Å². The SMILES string of the molecule is [2H]C([2H])([2H])OC[C@H](C)NC(=O)Oc1c[nH]c2ncc(-c3nn(C)c4cc(F)ccc34)nc12. The highest BCUT2D eigenvalue weighted by molar-refractivity contribution is 5.93. The average molecular weight is 401 g/mol. The smallest absolute Gasteiger partial charge is 0.406 e. The molecule has 4 aromatic rings. The Hall–Kier alpha value is -3.53. The van der Waals surface area contributed by atoms with Gasteiger partial charge in [-0.25, -0.2) is 19.2 Å². The first-order valence-corrected chi connectivity index (χ1v) is 8.70. The molecule has 0 saturated heterocycles. The standard InChI is InChI=1S/C19H19FN6O3/c1-10(9-28-3)23-19(27)29-15-8-22-18-17(15)24-13(7-21-18)16-12-5-4-11(20)6-14(12)26(2)25-16/h4-8,10H,9H2,1-3H3,(H,21,22)(H,23,27)/t10-/m0/s1/i3D3. The molecular weight excluding hydrogens is 379 g/mol. The first-order valence-electron chi connectivity index (χ1n) is 10.2. The summed E-state index contributed by atoms with van der Waals surface area (Å²) in [6, 6.07) is 3.73. The van der Waals surface area contributed by atoms with Crippen molar-refractivity contribution in [2.75, 3.05) is 13.6 Å². The van der Waals surface area contributed by atoms with Crippen LogP contribution in [0.4, 0.5) is 9.18 Å². The summed E-state index contributed by atoms with van der Waals surface area (Å²) in [7, 11) is -0.854. The summed E-state index contributed by atoms with van der Waals surface area (Å²) in [4.78, 5) is 23.9. The highest BCUT2D eigenvalue weighted by Gasteiger charge is 2.18. The Balaban J connectivity index is 1.57. The third-order valence-corrected chi connectivity index (χ3v) is 4.30. The molecular formula is C19H19FN6O3. The van der Waals surface area contributed by atoms with E-state index in [9.17, 15) is 9.18 Å². The molecule has 29 heavy (non-hydrogen) atoms. The topological polar surface area (TPSA) is 107 Å². The van der Waals surface area contributed by atoms with Gasteiger partial charge in [0.15, 0.2) is 16.9 Å². The van der Waals surface area contributed by atoms with E-state index in [1.165, 1.54) is 24.5 Å². The van der Waals surface area contributed by atoms with E-state index in [1.54, 1.807) is 24.7 Å². The summed E-state index contributed by atoms with van der Waals surface area (Å²) in [5.41, 5.74) is 2.20. The fourth-order valence-electron chi connectivity index (χ4n) is 2.98. The zero-order chi connectivity index (χ0) is 23.0. The van der Waals surface area contributed by atoms with Crippen molar-refractivity contribution in [1.82, 2.24) is 30.0 Å². The molecule has 1 amide bonds. The van der Waals surface area contributed by atoms with Crippen molar-refractivity contribution >= 4 is 28.2 Å². The Bertz CT molecular complexity index is 1300. The minimum Gasteiger partial charge on any atom is -0.406 e. The van der Waals surface area contributed by atoms with Crippen molar-refractivity contribution in [3.05, 3.63) is 36.4 Å². The molecule has 0 aliphatic carbocycles. The zero-order valence-corrected chi connectivity index (χ0v) is 15.6. The molecule has 4 rings (SSSR count). The van der Waals surface area contributed by atoms with Gasteiger partial charge in [-0.1, -0.05) is 0 Å². The molecule has 0 spiro atoms. The van der Waals surface area contributed by atoms with Gasteiger partial charge in [-0.2, -0.15) is 5.10 Å². The molecule has 3 heterocycles. The lowest BCUT2D eigenvalue weighted by Crippen LogP contribution is -2.37. The fourth-order valence-corrected chi connectivity index (χ4v) is 2.98. The van der Waals surface area contributed by atoms with Crippen LogP contribution in [0.2, 0.25) is 0 Å². The summed E-state index contributed by atoms with van der Waals surface area (Å²) in [5, 5.41) is 7.60. The lowest BCUT2D eigenvalue weighted by atomic mass is 10.1. The maximum atomic E-state index is 13.6. The van der Waals surface area contributed by atoms with E-state index in [-0.39, 0.29) is 18.2 Å². The molecule has 150 valence electrons. The fraction of sp³-hybridized carbons (Fsp3) is 0.263. The third kappa shape index (κ3) is 3.61. The number of H-pyrrole nitrogens is 1. The number of nitrogens with zero attached hydrogens (tertiary/aromatic N) is 4. The maximum Gasteiger partial charge on any atom is 0.413 e. The minimum absolute atomic E-state index is 0.127. The van der Waals surface area contributed by atoms with E-state index < -0.39 is 19.2 Å². The Morgan fingerprint density at radius 1 is 1.48 bits per heavy atom. The van der Waals surface area contributed by atoms with E-state index >= 15 is 0 Å². The number of nitrogens with one attached hydrogen (secondary N) is 2. The number of hydrogen-bond acceptors (Lipinski definition) is 6. The molecule has 0 bridgehead atoms. The van der Waals surface area contributed by atoms with Crippen molar-refractivity contribution < 1.29 is 22.8 Å². The summed E-state index contributed by atoms with van der Waals surface area (Å²) in [6.07, 6.45) is 2.14. The Labute approximate surface area is 169 Å². The highest BCUT2D eigenvalue weighted by Crippen LogP contribution is 2.29. The van der Waals surface area contributed by atoms with Gasteiger partial charge in [-0.05, 0) is 25.1 Å². The first-order chi connectivity index (χ1) is 15.1. The number of aromatic nitrogens is 5. The number of ether oxygens (including phenoxy) is 2. The van der Waals surface area contributed by atoms with Gasteiger partial charge in [0.05, 0.1) is 28.5 Å². The molecule has 9 nitrogen and oxygen atoms in total. The number of carbonyl (C=O) groups is 1. The lowest BCUT2D eigenvalue weighted by Gasteiger charge is -2.12. The van der Waals surface area contributed by atoms with E-state index in [0.29, 0.717) is 33.5 Å². The zero-order valence-electron chi connectivity index (χ0n) is 18.6. The number of benzene rings is 1. The minimum atomic E-state index is -2.55. The van der Waals surface area contributed by atoms with Crippen LogP contribution < -0.4 is 10.1 Å². The van der Waals surface area contributed by atoms with Crippen molar-refractivity contribution in [3.8, 4) is 17.1 Å². The van der Waals surface area contributed by atoms with Gasteiger partial charge in [-0.3, -0.25) is 4.68 Å². The summed E-state index contributed by atoms with van der Waals surface area (Å²) < 4.78 is 46.2. The van der Waals surface area contributed by atoms with Crippen LogP contribution in [0, 0.1) is 5.82 Å². The predicted molar refractivity (Wildman–Crippen MR) is 104 cm³/mol. The van der Waals surface area contributed by atoms with Crippen LogP contribution in [-0.4, -0.2) is 50.5 Å². The quantitative estimate of drug-likeness (QED) is 0.533. The highest BCUT2D eigenvalue weighted by atomic mass is 19.1. The Morgan fingerprint density at radius 3 is 3.17 bits per heavy atom. The second-order valence-electron chi connectivity index (χ2n) is 6.48. The van der Waals surface area contributed by atoms with Crippen LogP contribution >= 0.6 is 0 Å². The number of methoxy groups -OCH3 is 1. The number of hydrogen-bond donors (Lipinski definition) is 2. The number of aryl methyl sites for hydroxylation is 1. The van der Waals surface area contributed by atoms with E-state index in [1.807, 2.05) is 0 Å². The predicted octanol–water partition coefficient (Wildman–Crippen LogP) is 2.77. The van der Waals surface area contributed by atoms with Gasteiger partial charge in [-0.15, -0.1) is 0 Å². The van der Waals surface area contributed by atoms with Crippen LogP contribution in [-0.2, 0) is 11.8 Å². The largest absolute Gasteiger partial charge is 0.413 e. The molecule has 0 fully saturated rings. The average Bonchev–Trinajstić information content (AvgIpc) is 3.26.